The second kappa shape index (κ2) is 9.69. The number of carboxylic acid groups (broad SMARTS) is 1. The van der Waals surface area contributed by atoms with Crippen LogP contribution in [0, 0.1) is 0 Å². The molecule has 1 aliphatic rings. The first-order valence-corrected chi connectivity index (χ1v) is 8.74. The lowest BCUT2D eigenvalue weighted by atomic mass is 9.99. The fourth-order valence-corrected chi connectivity index (χ4v) is 2.63. The highest BCUT2D eigenvalue weighted by molar-refractivity contribution is 6.19. The van der Waals surface area contributed by atoms with E-state index in [-0.39, 0.29) is 17.6 Å². The maximum atomic E-state index is 12.2. The lowest BCUT2D eigenvalue weighted by Gasteiger charge is -2.12. The summed E-state index contributed by atoms with van der Waals surface area (Å²) in [5, 5.41) is 9.99. The molecule has 3 rings (SSSR count). The number of aliphatic carboxylic acids is 1. The van der Waals surface area contributed by atoms with Gasteiger partial charge in [0.1, 0.15) is 6.61 Å². The number of benzene rings is 2. The summed E-state index contributed by atoms with van der Waals surface area (Å²) < 4.78 is 10.8. The average Bonchev–Trinajstić information content (AvgIpc) is 3.19. The Labute approximate surface area is 158 Å². The summed E-state index contributed by atoms with van der Waals surface area (Å²) in [6.45, 7) is 9.57. The van der Waals surface area contributed by atoms with Crippen molar-refractivity contribution in [3.05, 3.63) is 66.8 Å². The van der Waals surface area contributed by atoms with Crippen LogP contribution in [0.5, 0.6) is 0 Å². The second-order valence-electron chi connectivity index (χ2n) is 6.32. The molecule has 142 valence electrons. The number of carboxylic acids is 1. The molecule has 0 radical (unpaired) electrons. The summed E-state index contributed by atoms with van der Waals surface area (Å²) in [6.07, 6.45) is 2.02. The Bertz CT molecular complexity index is 829. The molecular weight excluding hydrogens is 344 g/mol. The van der Waals surface area contributed by atoms with E-state index in [4.69, 9.17) is 14.6 Å². The molecule has 1 saturated heterocycles. The van der Waals surface area contributed by atoms with E-state index in [0.29, 0.717) is 12.2 Å². The van der Waals surface area contributed by atoms with Gasteiger partial charge in [-0.15, -0.1) is 0 Å². The van der Waals surface area contributed by atoms with Crippen LogP contribution in [0.1, 0.15) is 25.3 Å². The summed E-state index contributed by atoms with van der Waals surface area (Å²) in [5.41, 5.74) is 1.39. The highest BCUT2D eigenvalue weighted by Gasteiger charge is 2.19. The molecule has 1 atom stereocenters. The van der Waals surface area contributed by atoms with Crippen LogP contribution in [0.25, 0.3) is 16.3 Å². The molecule has 1 unspecified atom stereocenters. The molecular formula is C22H24O5. The zero-order chi connectivity index (χ0) is 19.8. The van der Waals surface area contributed by atoms with Gasteiger partial charge in [0, 0.05) is 12.2 Å². The van der Waals surface area contributed by atoms with Crippen molar-refractivity contribution < 1.29 is 24.2 Å². The zero-order valence-corrected chi connectivity index (χ0v) is 15.4. The summed E-state index contributed by atoms with van der Waals surface area (Å²) in [7, 11) is 0. The summed E-state index contributed by atoms with van der Waals surface area (Å²) in [4.78, 5) is 21.8. The van der Waals surface area contributed by atoms with Crippen molar-refractivity contribution >= 4 is 28.3 Å². The number of esters is 1. The minimum atomic E-state index is -0.935. The zero-order valence-electron chi connectivity index (χ0n) is 15.4. The molecule has 0 saturated carbocycles. The van der Waals surface area contributed by atoms with E-state index in [0.717, 1.165) is 35.8 Å². The summed E-state index contributed by atoms with van der Waals surface area (Å²) in [6, 6.07) is 13.8. The van der Waals surface area contributed by atoms with E-state index < -0.39 is 5.97 Å². The van der Waals surface area contributed by atoms with Gasteiger partial charge in [-0.25, -0.2) is 9.59 Å². The predicted molar refractivity (Wildman–Crippen MR) is 105 cm³/mol. The van der Waals surface area contributed by atoms with Crippen LogP contribution in [0.4, 0.5) is 0 Å². The largest absolute Gasteiger partial charge is 0.478 e. The number of carbonyl (C=O) groups is 2. The smallest absolute Gasteiger partial charge is 0.338 e. The standard InChI is InChI=1S/C18H18O3.C4H6O2/c1-13(18(19)21-12-15-8-5-11-20-15)16-10-4-7-14-6-2-3-9-17(14)16;1-3(2)4(5)6/h2-4,6-7,9-10,15H,1,5,8,11-12H2;1H2,2H3,(H,5,6). The molecule has 5 heteroatoms. The Kier molecular flexibility index (Phi) is 7.32. The SMILES string of the molecule is C=C(C(=O)OCC1CCCO1)c1cccc2ccccc12.C=C(C)C(=O)O. The molecule has 0 bridgehead atoms. The van der Waals surface area contributed by atoms with Gasteiger partial charge >= 0.3 is 11.9 Å². The summed E-state index contributed by atoms with van der Waals surface area (Å²) in [5.74, 6) is -1.31. The van der Waals surface area contributed by atoms with Gasteiger partial charge in [-0.05, 0) is 36.1 Å². The Morgan fingerprint density at radius 1 is 1.19 bits per heavy atom. The highest BCUT2D eigenvalue weighted by atomic mass is 16.6. The fourth-order valence-electron chi connectivity index (χ4n) is 2.63. The van der Waals surface area contributed by atoms with E-state index in [1.807, 2.05) is 42.5 Å². The predicted octanol–water partition coefficient (Wildman–Crippen LogP) is 4.22. The molecule has 1 heterocycles. The molecule has 2 aromatic carbocycles. The third-order valence-electron chi connectivity index (χ3n) is 4.15. The minimum absolute atomic E-state index is 0.0364. The molecule has 1 N–H and O–H groups in total. The van der Waals surface area contributed by atoms with Crippen LogP contribution in [0.3, 0.4) is 0 Å². The van der Waals surface area contributed by atoms with Crippen LogP contribution in [-0.2, 0) is 19.1 Å². The topological polar surface area (TPSA) is 72.8 Å². The van der Waals surface area contributed by atoms with E-state index in [9.17, 15) is 9.59 Å². The Balaban J connectivity index is 0.000000380. The second-order valence-corrected chi connectivity index (χ2v) is 6.32. The number of ether oxygens (including phenoxy) is 2. The van der Waals surface area contributed by atoms with Crippen molar-refractivity contribution in [3.8, 4) is 0 Å². The van der Waals surface area contributed by atoms with Crippen LogP contribution < -0.4 is 0 Å². The Morgan fingerprint density at radius 2 is 1.85 bits per heavy atom. The number of hydrogen-bond acceptors (Lipinski definition) is 4. The van der Waals surface area contributed by atoms with Crippen LogP contribution >= 0.6 is 0 Å². The molecule has 27 heavy (non-hydrogen) atoms. The fraction of sp³-hybridized carbons (Fsp3) is 0.273. The minimum Gasteiger partial charge on any atom is -0.478 e. The molecule has 0 spiro atoms. The first-order valence-electron chi connectivity index (χ1n) is 8.74. The lowest BCUT2D eigenvalue weighted by Crippen LogP contribution is -2.18. The van der Waals surface area contributed by atoms with Gasteiger partial charge in [-0.3, -0.25) is 0 Å². The van der Waals surface area contributed by atoms with Gasteiger partial charge in [0.15, 0.2) is 0 Å². The number of hydrogen-bond donors (Lipinski definition) is 1. The van der Waals surface area contributed by atoms with Crippen molar-refractivity contribution in [1.29, 1.82) is 0 Å². The molecule has 5 nitrogen and oxygen atoms in total. The van der Waals surface area contributed by atoms with Crippen molar-refractivity contribution in [2.75, 3.05) is 13.2 Å². The number of fused-ring (bicyclic) bond motifs is 1. The van der Waals surface area contributed by atoms with E-state index in [1.165, 1.54) is 6.92 Å². The third kappa shape index (κ3) is 5.79. The molecule has 1 aliphatic heterocycles. The van der Waals surface area contributed by atoms with Gasteiger partial charge < -0.3 is 14.6 Å². The Hall–Kier alpha value is -2.92. The monoisotopic (exact) mass is 368 g/mol. The van der Waals surface area contributed by atoms with E-state index in [1.54, 1.807) is 0 Å². The number of rotatable bonds is 5. The lowest BCUT2D eigenvalue weighted by molar-refractivity contribution is -0.139. The van der Waals surface area contributed by atoms with Crippen LogP contribution in [0.2, 0.25) is 0 Å². The van der Waals surface area contributed by atoms with Gasteiger partial charge in [-0.1, -0.05) is 55.6 Å². The first-order chi connectivity index (χ1) is 12.9. The van der Waals surface area contributed by atoms with Crippen molar-refractivity contribution in [2.45, 2.75) is 25.9 Å². The molecule has 0 aromatic heterocycles. The molecule has 0 aliphatic carbocycles. The maximum Gasteiger partial charge on any atom is 0.338 e. The third-order valence-corrected chi connectivity index (χ3v) is 4.15. The first kappa shape index (κ1) is 20.4. The van der Waals surface area contributed by atoms with Gasteiger partial charge in [0.05, 0.1) is 11.7 Å². The normalized spacial score (nSPS) is 15.5. The van der Waals surface area contributed by atoms with Gasteiger partial charge in [-0.2, -0.15) is 0 Å². The summed E-state index contributed by atoms with van der Waals surface area (Å²) >= 11 is 0. The van der Waals surface area contributed by atoms with Crippen molar-refractivity contribution in [1.82, 2.24) is 0 Å². The average molecular weight is 368 g/mol. The molecule has 2 aromatic rings. The van der Waals surface area contributed by atoms with Crippen molar-refractivity contribution in [2.24, 2.45) is 0 Å². The van der Waals surface area contributed by atoms with E-state index >= 15 is 0 Å². The molecule has 0 amide bonds. The van der Waals surface area contributed by atoms with Crippen LogP contribution in [0.15, 0.2) is 61.2 Å². The van der Waals surface area contributed by atoms with Crippen LogP contribution in [-0.4, -0.2) is 36.4 Å². The molecule has 1 fully saturated rings. The van der Waals surface area contributed by atoms with Crippen molar-refractivity contribution in [3.63, 3.8) is 0 Å². The highest BCUT2D eigenvalue weighted by Crippen LogP contribution is 2.25. The Morgan fingerprint density at radius 3 is 2.48 bits per heavy atom. The quantitative estimate of drug-likeness (QED) is 0.632. The maximum absolute atomic E-state index is 12.2. The van der Waals surface area contributed by atoms with Gasteiger partial charge in [0.2, 0.25) is 0 Å². The van der Waals surface area contributed by atoms with E-state index in [2.05, 4.69) is 13.2 Å². The number of carbonyl (C=O) groups excluding carboxylic acids is 1. The van der Waals surface area contributed by atoms with Gasteiger partial charge in [0.25, 0.3) is 0 Å².